The number of nitrogens with two attached hydrogens (primary N) is 1. The molecule has 0 saturated heterocycles. The summed E-state index contributed by atoms with van der Waals surface area (Å²) in [6.07, 6.45) is 4.02. The fraction of sp³-hybridized carbons (Fsp3) is 0.200. The summed E-state index contributed by atoms with van der Waals surface area (Å²) in [6.45, 7) is 0.492. The maximum absolute atomic E-state index is 10.8. The Morgan fingerprint density at radius 1 is 1.38 bits per heavy atom. The van der Waals surface area contributed by atoms with Crippen molar-refractivity contribution in [1.82, 2.24) is 0 Å². The number of nitro benzene ring substituents is 1. The Kier molecular flexibility index (Phi) is 4.73. The average Bonchev–Trinajstić information content (AvgIpc) is 2.23. The van der Waals surface area contributed by atoms with E-state index in [0.29, 0.717) is 23.6 Å². The Balaban J connectivity index is 3.14. The van der Waals surface area contributed by atoms with E-state index in [0.717, 1.165) is 0 Å². The molecule has 0 amide bonds. The van der Waals surface area contributed by atoms with Gasteiger partial charge >= 0.3 is 0 Å². The number of hydrogen-bond acceptors (Lipinski definition) is 3. The zero-order valence-corrected chi connectivity index (χ0v) is 9.83. The van der Waals surface area contributed by atoms with Gasteiger partial charge in [-0.15, -0.1) is 0 Å². The van der Waals surface area contributed by atoms with Crippen LogP contribution in [0.25, 0.3) is 6.08 Å². The van der Waals surface area contributed by atoms with Crippen LogP contribution in [0.3, 0.4) is 0 Å². The topological polar surface area (TPSA) is 69.2 Å². The molecule has 0 spiro atoms. The summed E-state index contributed by atoms with van der Waals surface area (Å²) in [7, 11) is 0. The summed E-state index contributed by atoms with van der Waals surface area (Å²) in [5, 5.41) is 11.2. The summed E-state index contributed by atoms with van der Waals surface area (Å²) >= 11 is 11.5. The van der Waals surface area contributed by atoms with Gasteiger partial charge in [0.2, 0.25) is 0 Å². The third kappa shape index (κ3) is 3.20. The van der Waals surface area contributed by atoms with E-state index in [-0.39, 0.29) is 10.7 Å². The Bertz CT molecular complexity index is 433. The molecule has 1 aromatic rings. The van der Waals surface area contributed by atoms with Gasteiger partial charge in [0.1, 0.15) is 0 Å². The normalized spacial score (nSPS) is 10.9. The second kappa shape index (κ2) is 5.84. The molecule has 0 radical (unpaired) electrons. The number of rotatable bonds is 4. The van der Waals surface area contributed by atoms with Gasteiger partial charge in [-0.05, 0) is 19.0 Å². The molecule has 0 aromatic heterocycles. The molecule has 0 atom stereocenters. The molecule has 2 N–H and O–H groups in total. The molecule has 86 valence electrons. The van der Waals surface area contributed by atoms with Gasteiger partial charge in [-0.25, -0.2) is 0 Å². The molecule has 0 fully saturated rings. The lowest BCUT2D eigenvalue weighted by atomic mass is 10.1. The van der Waals surface area contributed by atoms with Crippen LogP contribution >= 0.6 is 23.2 Å². The van der Waals surface area contributed by atoms with Gasteiger partial charge in [-0.3, -0.25) is 10.1 Å². The number of hydrogen-bond donors (Lipinski definition) is 1. The third-order valence-corrected chi connectivity index (χ3v) is 2.62. The van der Waals surface area contributed by atoms with Gasteiger partial charge in [0.15, 0.2) is 0 Å². The highest BCUT2D eigenvalue weighted by Gasteiger charge is 2.14. The summed E-state index contributed by atoms with van der Waals surface area (Å²) < 4.78 is 0. The largest absolute Gasteiger partial charge is 0.330 e. The number of nitrogens with zero attached hydrogens (tertiary/aromatic N) is 1. The van der Waals surface area contributed by atoms with Crippen LogP contribution < -0.4 is 5.73 Å². The molecule has 0 heterocycles. The first-order chi connectivity index (χ1) is 7.56. The van der Waals surface area contributed by atoms with Crippen LogP contribution in [0.2, 0.25) is 10.0 Å². The zero-order valence-electron chi connectivity index (χ0n) is 8.32. The van der Waals surface area contributed by atoms with Gasteiger partial charge in [-0.1, -0.05) is 35.4 Å². The molecular weight excluding hydrogens is 251 g/mol. The van der Waals surface area contributed by atoms with Crippen molar-refractivity contribution in [3.8, 4) is 0 Å². The Hall–Kier alpha value is -1.10. The lowest BCUT2D eigenvalue weighted by Crippen LogP contribution is -1.95. The van der Waals surface area contributed by atoms with E-state index in [1.165, 1.54) is 12.1 Å². The summed E-state index contributed by atoms with van der Waals surface area (Å²) in [5.41, 5.74) is 5.67. The highest BCUT2D eigenvalue weighted by atomic mass is 35.5. The van der Waals surface area contributed by atoms with Crippen LogP contribution in [-0.2, 0) is 0 Å². The Morgan fingerprint density at radius 2 is 2.00 bits per heavy atom. The van der Waals surface area contributed by atoms with Crippen LogP contribution in [-0.4, -0.2) is 11.5 Å². The smallest absolute Gasteiger partial charge is 0.278 e. The lowest BCUT2D eigenvalue weighted by molar-refractivity contribution is -0.385. The molecule has 16 heavy (non-hydrogen) atoms. The van der Waals surface area contributed by atoms with E-state index >= 15 is 0 Å². The predicted molar refractivity (Wildman–Crippen MR) is 65.8 cm³/mol. The van der Waals surface area contributed by atoms with Crippen molar-refractivity contribution in [2.45, 2.75) is 6.42 Å². The van der Waals surface area contributed by atoms with Gasteiger partial charge in [0.25, 0.3) is 5.69 Å². The molecule has 0 aliphatic heterocycles. The average molecular weight is 261 g/mol. The predicted octanol–water partition coefficient (Wildman–Crippen LogP) is 3.26. The summed E-state index contributed by atoms with van der Waals surface area (Å²) in [4.78, 5) is 10.3. The highest BCUT2D eigenvalue weighted by molar-refractivity contribution is 6.42. The van der Waals surface area contributed by atoms with Gasteiger partial charge < -0.3 is 5.73 Å². The first-order valence-corrected chi connectivity index (χ1v) is 5.32. The molecule has 0 aliphatic carbocycles. The second-order valence-electron chi connectivity index (χ2n) is 3.06. The minimum atomic E-state index is -0.496. The Morgan fingerprint density at radius 3 is 2.56 bits per heavy atom. The fourth-order valence-electron chi connectivity index (χ4n) is 1.15. The van der Waals surface area contributed by atoms with E-state index < -0.39 is 4.92 Å². The van der Waals surface area contributed by atoms with Crippen molar-refractivity contribution in [3.05, 3.63) is 43.9 Å². The van der Waals surface area contributed by atoms with Crippen molar-refractivity contribution >= 4 is 35.0 Å². The molecule has 0 bridgehead atoms. The van der Waals surface area contributed by atoms with E-state index in [9.17, 15) is 10.1 Å². The van der Waals surface area contributed by atoms with Crippen molar-refractivity contribution in [3.63, 3.8) is 0 Å². The molecule has 0 unspecified atom stereocenters. The van der Waals surface area contributed by atoms with Crippen molar-refractivity contribution in [2.24, 2.45) is 5.73 Å². The number of halogens is 2. The number of benzene rings is 1. The van der Waals surface area contributed by atoms with Crippen molar-refractivity contribution in [2.75, 3.05) is 6.54 Å². The molecule has 1 aromatic carbocycles. The molecule has 6 heteroatoms. The highest BCUT2D eigenvalue weighted by Crippen LogP contribution is 2.31. The van der Waals surface area contributed by atoms with Crippen LogP contribution in [0.15, 0.2) is 18.2 Å². The third-order valence-electron chi connectivity index (χ3n) is 1.90. The monoisotopic (exact) mass is 260 g/mol. The van der Waals surface area contributed by atoms with Crippen LogP contribution in [0.5, 0.6) is 0 Å². The standard InChI is InChI=1S/C10H10Cl2N2O2/c11-8-5-7(3-1-2-4-13)10(14(15)16)6-9(8)12/h1,3,5-6H,2,4,13H2. The van der Waals surface area contributed by atoms with Crippen molar-refractivity contribution in [1.29, 1.82) is 0 Å². The molecule has 1 rings (SSSR count). The van der Waals surface area contributed by atoms with E-state index in [2.05, 4.69) is 0 Å². The first-order valence-electron chi connectivity index (χ1n) is 4.56. The number of nitro groups is 1. The van der Waals surface area contributed by atoms with E-state index in [1.54, 1.807) is 12.2 Å². The van der Waals surface area contributed by atoms with Gasteiger partial charge in [0, 0.05) is 6.07 Å². The summed E-state index contributed by atoms with van der Waals surface area (Å²) in [6, 6.07) is 2.71. The zero-order chi connectivity index (χ0) is 12.1. The van der Waals surface area contributed by atoms with E-state index in [4.69, 9.17) is 28.9 Å². The lowest BCUT2D eigenvalue weighted by Gasteiger charge is -2.00. The maximum atomic E-state index is 10.8. The fourth-order valence-corrected chi connectivity index (χ4v) is 1.48. The minimum absolute atomic E-state index is 0.0670. The van der Waals surface area contributed by atoms with Crippen LogP contribution in [0.4, 0.5) is 5.69 Å². The van der Waals surface area contributed by atoms with Crippen molar-refractivity contribution < 1.29 is 4.92 Å². The van der Waals surface area contributed by atoms with Crippen LogP contribution in [0.1, 0.15) is 12.0 Å². The minimum Gasteiger partial charge on any atom is -0.330 e. The van der Waals surface area contributed by atoms with Gasteiger partial charge in [-0.2, -0.15) is 0 Å². The Labute approximate surface area is 103 Å². The quantitative estimate of drug-likeness (QED) is 0.668. The van der Waals surface area contributed by atoms with Gasteiger partial charge in [0.05, 0.1) is 20.5 Å². The molecule has 0 aliphatic rings. The first kappa shape index (κ1) is 13.0. The molecule has 0 saturated carbocycles. The molecular formula is C10H10Cl2N2O2. The summed E-state index contributed by atoms with van der Waals surface area (Å²) in [5.74, 6) is 0. The molecule has 4 nitrogen and oxygen atoms in total. The van der Waals surface area contributed by atoms with E-state index in [1.807, 2.05) is 0 Å². The SMILES string of the molecule is NCCC=Cc1cc(Cl)c(Cl)cc1[N+](=O)[O-]. The van der Waals surface area contributed by atoms with Crippen LogP contribution in [0, 0.1) is 10.1 Å². The second-order valence-corrected chi connectivity index (χ2v) is 3.88. The maximum Gasteiger partial charge on any atom is 0.278 e.